The Morgan fingerprint density at radius 3 is 2.18 bits per heavy atom. The Kier molecular flexibility index (Phi) is 6.06. The molecule has 9 nitrogen and oxygen atoms in total. The van der Waals surface area contributed by atoms with Crippen LogP contribution in [-0.4, -0.2) is 45.0 Å². The van der Waals surface area contributed by atoms with Crippen LogP contribution in [-0.2, 0) is 9.59 Å². The Hall–Kier alpha value is -3.85. The Morgan fingerprint density at radius 2 is 1.61 bits per heavy atom. The van der Waals surface area contributed by atoms with Gasteiger partial charge in [-0.25, -0.2) is 5.01 Å². The molecule has 1 saturated heterocycles. The van der Waals surface area contributed by atoms with Crippen molar-refractivity contribution < 1.29 is 24.1 Å². The van der Waals surface area contributed by atoms with E-state index in [1.807, 2.05) is 0 Å². The summed E-state index contributed by atoms with van der Waals surface area (Å²) in [5.41, 5.74) is -0.224. The van der Waals surface area contributed by atoms with E-state index in [-0.39, 0.29) is 16.8 Å². The van der Waals surface area contributed by atoms with Crippen molar-refractivity contribution >= 4 is 40.8 Å². The number of nitro groups is 1. The van der Waals surface area contributed by atoms with Gasteiger partial charge in [0, 0.05) is 28.3 Å². The van der Waals surface area contributed by atoms with Crippen LogP contribution < -0.4 is 0 Å². The first-order valence-electron chi connectivity index (χ1n) is 10.2. The van der Waals surface area contributed by atoms with Crippen LogP contribution in [0.15, 0.2) is 60.7 Å². The third kappa shape index (κ3) is 4.27. The Bertz CT molecular complexity index is 1170. The van der Waals surface area contributed by atoms with Crippen molar-refractivity contribution in [2.75, 3.05) is 6.54 Å². The van der Waals surface area contributed by atoms with Crippen LogP contribution in [0, 0.1) is 22.0 Å². The number of non-ortho nitro benzene ring substituents is 1. The van der Waals surface area contributed by atoms with Gasteiger partial charge in [-0.1, -0.05) is 29.8 Å². The lowest BCUT2D eigenvalue weighted by Crippen LogP contribution is -2.52. The molecule has 0 radical (unpaired) electrons. The maximum atomic E-state index is 13.4. The Morgan fingerprint density at radius 1 is 1.00 bits per heavy atom. The highest BCUT2D eigenvalue weighted by Gasteiger charge is 2.51. The van der Waals surface area contributed by atoms with Crippen molar-refractivity contribution in [3.05, 3.63) is 86.9 Å². The van der Waals surface area contributed by atoms with E-state index in [9.17, 15) is 29.3 Å². The number of halogens is 1. The molecular weight excluding hydrogens is 450 g/mol. The molecule has 168 valence electrons. The number of carbonyl (C=O) groups is 4. The van der Waals surface area contributed by atoms with E-state index in [1.54, 1.807) is 12.2 Å². The third-order valence-electron chi connectivity index (χ3n) is 5.72. The summed E-state index contributed by atoms with van der Waals surface area (Å²) in [5, 5.41) is 13.1. The minimum absolute atomic E-state index is 0.123. The molecule has 10 heteroatoms. The summed E-state index contributed by atoms with van der Waals surface area (Å²) in [5.74, 6) is -3.77. The number of nitrogens with zero attached hydrogens (tertiary/aromatic N) is 3. The predicted octanol–water partition coefficient (Wildman–Crippen LogP) is 3.44. The van der Waals surface area contributed by atoms with Crippen molar-refractivity contribution in [1.82, 2.24) is 10.0 Å². The lowest BCUT2D eigenvalue weighted by Gasteiger charge is -2.30. The van der Waals surface area contributed by atoms with Gasteiger partial charge in [0.1, 0.15) is 6.54 Å². The summed E-state index contributed by atoms with van der Waals surface area (Å²) < 4.78 is 0. The second-order valence-corrected chi connectivity index (χ2v) is 8.18. The van der Waals surface area contributed by atoms with Crippen LogP contribution in [0.5, 0.6) is 0 Å². The van der Waals surface area contributed by atoms with Crippen LogP contribution in [0.25, 0.3) is 0 Å². The number of imide groups is 1. The molecule has 1 aliphatic carbocycles. The molecule has 0 aromatic heterocycles. The molecule has 0 unspecified atom stereocenters. The molecular formula is C23H18ClN3O6. The van der Waals surface area contributed by atoms with Gasteiger partial charge in [-0.05, 0) is 43.2 Å². The van der Waals surface area contributed by atoms with Gasteiger partial charge < -0.3 is 0 Å². The smallest absolute Gasteiger partial charge is 0.273 e. The first-order valence-corrected chi connectivity index (χ1v) is 10.5. The number of hydrogen-bond acceptors (Lipinski definition) is 6. The largest absolute Gasteiger partial charge is 0.292 e. The minimum Gasteiger partial charge on any atom is -0.292 e. The number of benzene rings is 2. The minimum atomic E-state index is -0.866. The molecule has 0 spiro atoms. The SMILES string of the molecule is O=C(CN(C(=O)c1cccc([N+](=O)[O-])c1)N1C(=O)[C@@H]2CC=CC[C@H]2C1=O)c1ccc(Cl)cc1. The number of hydrogen-bond donors (Lipinski definition) is 0. The van der Waals surface area contributed by atoms with E-state index in [4.69, 9.17) is 11.6 Å². The van der Waals surface area contributed by atoms with Crippen molar-refractivity contribution in [3.8, 4) is 0 Å². The van der Waals surface area contributed by atoms with Gasteiger partial charge in [0.25, 0.3) is 23.4 Å². The molecule has 2 aliphatic rings. The molecule has 2 aromatic carbocycles. The predicted molar refractivity (Wildman–Crippen MR) is 117 cm³/mol. The molecule has 33 heavy (non-hydrogen) atoms. The topological polar surface area (TPSA) is 118 Å². The second-order valence-electron chi connectivity index (χ2n) is 7.74. The molecule has 2 atom stereocenters. The first-order chi connectivity index (χ1) is 15.8. The summed E-state index contributed by atoms with van der Waals surface area (Å²) in [6.45, 7) is -0.604. The van der Waals surface area contributed by atoms with Crippen LogP contribution in [0.3, 0.4) is 0 Å². The maximum absolute atomic E-state index is 13.4. The van der Waals surface area contributed by atoms with Gasteiger partial charge in [-0.3, -0.25) is 29.3 Å². The number of ketones is 1. The number of fused-ring (bicyclic) bond motifs is 1. The maximum Gasteiger partial charge on any atom is 0.273 e. The fourth-order valence-electron chi connectivity index (χ4n) is 4.02. The quantitative estimate of drug-likeness (QED) is 0.211. The zero-order valence-electron chi connectivity index (χ0n) is 17.2. The van der Waals surface area contributed by atoms with Crippen molar-refractivity contribution in [2.45, 2.75) is 12.8 Å². The summed E-state index contributed by atoms with van der Waals surface area (Å²) in [4.78, 5) is 63.1. The van der Waals surface area contributed by atoms with Gasteiger partial charge in [0.2, 0.25) is 0 Å². The molecule has 1 aliphatic heterocycles. The van der Waals surface area contributed by atoms with Gasteiger partial charge in [-0.2, -0.15) is 5.01 Å². The highest BCUT2D eigenvalue weighted by Crippen LogP contribution is 2.36. The fourth-order valence-corrected chi connectivity index (χ4v) is 4.14. The lowest BCUT2D eigenvalue weighted by atomic mass is 9.85. The van der Waals surface area contributed by atoms with Gasteiger partial charge in [0.05, 0.1) is 16.8 Å². The van der Waals surface area contributed by atoms with Gasteiger partial charge in [-0.15, -0.1) is 0 Å². The van der Waals surface area contributed by atoms with Crippen LogP contribution in [0.4, 0.5) is 5.69 Å². The molecule has 0 N–H and O–H groups in total. The number of amides is 3. The summed E-state index contributed by atoms with van der Waals surface area (Å²) in [6.07, 6.45) is 4.33. The van der Waals surface area contributed by atoms with E-state index >= 15 is 0 Å². The molecule has 4 rings (SSSR count). The van der Waals surface area contributed by atoms with Crippen LogP contribution in [0.1, 0.15) is 33.6 Å². The highest BCUT2D eigenvalue weighted by molar-refractivity contribution is 6.30. The number of allylic oxidation sites excluding steroid dienone is 2. The molecule has 3 amide bonds. The fraction of sp³-hybridized carbons (Fsp3) is 0.217. The molecule has 2 aromatic rings. The highest BCUT2D eigenvalue weighted by atomic mass is 35.5. The van der Waals surface area contributed by atoms with Crippen molar-refractivity contribution in [2.24, 2.45) is 11.8 Å². The Balaban J connectivity index is 1.71. The third-order valence-corrected chi connectivity index (χ3v) is 5.98. The number of Topliss-reactive ketones (excluding diaryl/α,β-unsaturated/α-hetero) is 1. The standard InChI is InChI=1S/C23H18ClN3O6/c24-16-10-8-14(9-11-16)20(28)13-25(21(29)15-4-3-5-17(12-15)27(32)33)26-22(30)18-6-1-2-7-19(18)23(26)31/h1-5,8-12,18-19H,6-7,13H2/t18-,19-/m1/s1. The monoisotopic (exact) mass is 467 g/mol. The van der Waals surface area contributed by atoms with Crippen molar-refractivity contribution in [1.29, 1.82) is 0 Å². The second kappa shape index (κ2) is 8.95. The summed E-state index contributed by atoms with van der Waals surface area (Å²) in [7, 11) is 0. The number of rotatable bonds is 6. The normalized spacial score (nSPS) is 19.4. The molecule has 1 fully saturated rings. The van der Waals surface area contributed by atoms with E-state index in [0.29, 0.717) is 17.9 Å². The number of hydrazine groups is 1. The average molecular weight is 468 g/mol. The number of nitro benzene ring substituents is 1. The zero-order chi connectivity index (χ0) is 23.7. The first kappa shape index (κ1) is 22.3. The average Bonchev–Trinajstić information content (AvgIpc) is 3.07. The van der Waals surface area contributed by atoms with E-state index in [1.165, 1.54) is 42.5 Å². The summed E-state index contributed by atoms with van der Waals surface area (Å²) >= 11 is 5.87. The number of carbonyl (C=O) groups excluding carboxylic acids is 4. The zero-order valence-corrected chi connectivity index (χ0v) is 18.0. The summed E-state index contributed by atoms with van der Waals surface area (Å²) in [6, 6.07) is 10.9. The van der Waals surface area contributed by atoms with Crippen LogP contribution in [0.2, 0.25) is 5.02 Å². The van der Waals surface area contributed by atoms with E-state index in [0.717, 1.165) is 16.1 Å². The van der Waals surface area contributed by atoms with Gasteiger partial charge >= 0.3 is 0 Å². The van der Waals surface area contributed by atoms with E-state index < -0.39 is 46.8 Å². The Labute approximate surface area is 193 Å². The van der Waals surface area contributed by atoms with Crippen LogP contribution >= 0.6 is 11.6 Å². The van der Waals surface area contributed by atoms with Crippen molar-refractivity contribution in [3.63, 3.8) is 0 Å². The molecule has 1 heterocycles. The molecule has 0 bridgehead atoms. The van der Waals surface area contributed by atoms with Gasteiger partial charge in [0.15, 0.2) is 5.78 Å². The lowest BCUT2D eigenvalue weighted by molar-refractivity contribution is -0.384. The van der Waals surface area contributed by atoms with E-state index in [2.05, 4.69) is 0 Å². The molecule has 0 saturated carbocycles.